The van der Waals surface area contributed by atoms with E-state index in [-0.39, 0.29) is 22.4 Å². The minimum Gasteiger partial charge on any atom is -0.362 e. The summed E-state index contributed by atoms with van der Waals surface area (Å²) in [6.45, 7) is 1.80. The second kappa shape index (κ2) is 10.3. The largest absolute Gasteiger partial charge is 0.362 e. The monoisotopic (exact) mass is 464 g/mol. The van der Waals surface area contributed by atoms with Gasteiger partial charge in [0.05, 0.1) is 9.80 Å². The van der Waals surface area contributed by atoms with Crippen molar-refractivity contribution in [3.05, 3.63) is 92.7 Å². The summed E-state index contributed by atoms with van der Waals surface area (Å²) in [5.74, 6) is -0.413. The lowest BCUT2D eigenvalue weighted by Gasteiger charge is -2.37. The van der Waals surface area contributed by atoms with Crippen molar-refractivity contribution in [2.75, 3.05) is 31.1 Å². The lowest BCUT2D eigenvalue weighted by Crippen LogP contribution is -2.55. The molecule has 1 atom stereocenters. The van der Waals surface area contributed by atoms with Crippen LogP contribution in [-0.4, -0.2) is 53.9 Å². The number of benzene rings is 2. The first-order valence-corrected chi connectivity index (χ1v) is 11.6. The molecule has 0 bridgehead atoms. The molecule has 1 saturated heterocycles. The first kappa shape index (κ1) is 22.5. The maximum atomic E-state index is 13.4. The quantitative estimate of drug-likeness (QED) is 0.427. The van der Waals surface area contributed by atoms with Crippen molar-refractivity contribution in [2.45, 2.75) is 12.5 Å². The zero-order valence-corrected chi connectivity index (χ0v) is 18.7. The number of carbonyl (C=O) groups is 2. The van der Waals surface area contributed by atoms with Crippen LogP contribution in [0.5, 0.6) is 0 Å². The van der Waals surface area contributed by atoms with E-state index in [9.17, 15) is 19.7 Å². The van der Waals surface area contributed by atoms with Gasteiger partial charge in [-0.1, -0.05) is 48.5 Å². The molecule has 2 heterocycles. The Hall–Kier alpha value is -3.72. The van der Waals surface area contributed by atoms with Crippen LogP contribution in [0.4, 0.5) is 11.4 Å². The molecule has 1 aromatic heterocycles. The van der Waals surface area contributed by atoms with Gasteiger partial charge in [0.25, 0.3) is 11.6 Å². The molecule has 2 amide bonds. The zero-order chi connectivity index (χ0) is 23.2. The van der Waals surface area contributed by atoms with Gasteiger partial charge in [0.2, 0.25) is 5.91 Å². The first-order valence-electron chi connectivity index (χ1n) is 10.7. The number of anilines is 1. The molecule has 1 aliphatic rings. The number of amides is 2. The second-order valence-corrected chi connectivity index (χ2v) is 8.70. The maximum Gasteiger partial charge on any atom is 0.292 e. The molecule has 0 aliphatic carbocycles. The number of nitro benzene ring substituents is 1. The first-order chi connectivity index (χ1) is 16.0. The highest BCUT2D eigenvalue weighted by atomic mass is 32.1. The summed E-state index contributed by atoms with van der Waals surface area (Å²) in [5.41, 5.74) is 1.57. The van der Waals surface area contributed by atoms with Crippen LogP contribution >= 0.6 is 11.3 Å². The fourth-order valence-electron chi connectivity index (χ4n) is 3.96. The third kappa shape index (κ3) is 5.38. The van der Waals surface area contributed by atoms with Crippen LogP contribution in [0.2, 0.25) is 0 Å². The lowest BCUT2D eigenvalue weighted by molar-refractivity contribution is -0.384. The van der Waals surface area contributed by atoms with Gasteiger partial charge in [-0.25, -0.2) is 0 Å². The van der Waals surface area contributed by atoms with E-state index in [2.05, 4.69) is 5.32 Å². The molecule has 0 saturated carbocycles. The SMILES string of the molecule is O=C(NC(Cc1ccccc1)C(=O)N1CCN(c2ccccc2[N+](=O)[O-])CC1)c1cccs1. The molecule has 170 valence electrons. The number of nitrogens with zero attached hydrogens (tertiary/aromatic N) is 3. The van der Waals surface area contributed by atoms with Gasteiger partial charge in [-0.15, -0.1) is 11.3 Å². The number of hydrogen-bond acceptors (Lipinski definition) is 6. The Bertz CT molecular complexity index is 1110. The van der Waals surface area contributed by atoms with Gasteiger partial charge in [-0.2, -0.15) is 0 Å². The molecule has 8 nitrogen and oxygen atoms in total. The summed E-state index contributed by atoms with van der Waals surface area (Å²) >= 11 is 1.33. The Morgan fingerprint density at radius 2 is 1.67 bits per heavy atom. The summed E-state index contributed by atoms with van der Waals surface area (Å²) < 4.78 is 0. The summed E-state index contributed by atoms with van der Waals surface area (Å²) in [4.78, 5) is 41.3. The maximum absolute atomic E-state index is 13.4. The predicted octanol–water partition coefficient (Wildman–Crippen LogP) is 3.35. The van der Waals surface area contributed by atoms with Crippen molar-refractivity contribution in [1.82, 2.24) is 10.2 Å². The lowest BCUT2D eigenvalue weighted by atomic mass is 10.0. The molecule has 2 aromatic carbocycles. The summed E-state index contributed by atoms with van der Waals surface area (Å²) in [7, 11) is 0. The fourth-order valence-corrected chi connectivity index (χ4v) is 4.59. The third-order valence-electron chi connectivity index (χ3n) is 5.64. The van der Waals surface area contributed by atoms with Crippen LogP contribution in [0.3, 0.4) is 0 Å². The van der Waals surface area contributed by atoms with Crippen LogP contribution in [0, 0.1) is 10.1 Å². The van der Waals surface area contributed by atoms with E-state index >= 15 is 0 Å². The highest BCUT2D eigenvalue weighted by Gasteiger charge is 2.30. The van der Waals surface area contributed by atoms with Crippen molar-refractivity contribution in [2.24, 2.45) is 0 Å². The van der Waals surface area contributed by atoms with Crippen LogP contribution in [-0.2, 0) is 11.2 Å². The number of hydrogen-bond donors (Lipinski definition) is 1. The number of thiophene rings is 1. The van der Waals surface area contributed by atoms with E-state index < -0.39 is 6.04 Å². The highest BCUT2D eigenvalue weighted by Crippen LogP contribution is 2.28. The van der Waals surface area contributed by atoms with Crippen molar-refractivity contribution in [3.63, 3.8) is 0 Å². The van der Waals surface area contributed by atoms with E-state index in [4.69, 9.17) is 0 Å². The number of para-hydroxylation sites is 2. The van der Waals surface area contributed by atoms with Gasteiger partial charge in [0.1, 0.15) is 11.7 Å². The molecule has 3 aromatic rings. The van der Waals surface area contributed by atoms with Gasteiger partial charge in [0, 0.05) is 38.7 Å². The molecule has 0 radical (unpaired) electrons. The second-order valence-electron chi connectivity index (χ2n) is 7.75. The van der Waals surface area contributed by atoms with Crippen LogP contribution in [0.1, 0.15) is 15.2 Å². The normalized spacial score (nSPS) is 14.5. The van der Waals surface area contributed by atoms with Crippen LogP contribution in [0.15, 0.2) is 72.1 Å². The van der Waals surface area contributed by atoms with Crippen LogP contribution in [0.25, 0.3) is 0 Å². The predicted molar refractivity (Wildman–Crippen MR) is 128 cm³/mol. The average molecular weight is 465 g/mol. The van der Waals surface area contributed by atoms with Gasteiger partial charge in [-0.05, 0) is 23.1 Å². The molecular weight excluding hydrogens is 440 g/mol. The Morgan fingerprint density at radius 3 is 2.33 bits per heavy atom. The Kier molecular flexibility index (Phi) is 6.99. The van der Waals surface area contributed by atoms with E-state index in [1.807, 2.05) is 40.6 Å². The van der Waals surface area contributed by atoms with E-state index in [0.29, 0.717) is 43.2 Å². The Morgan fingerprint density at radius 1 is 0.970 bits per heavy atom. The van der Waals surface area contributed by atoms with E-state index in [0.717, 1.165) is 5.56 Å². The number of nitro groups is 1. The Labute approximate surface area is 195 Å². The zero-order valence-electron chi connectivity index (χ0n) is 17.9. The fraction of sp³-hybridized carbons (Fsp3) is 0.250. The van der Waals surface area contributed by atoms with Gasteiger partial charge < -0.3 is 15.1 Å². The molecule has 1 aliphatic heterocycles. The smallest absolute Gasteiger partial charge is 0.292 e. The van der Waals surface area contributed by atoms with Crippen molar-refractivity contribution in [3.8, 4) is 0 Å². The van der Waals surface area contributed by atoms with E-state index in [1.54, 1.807) is 35.2 Å². The molecule has 1 N–H and O–H groups in total. The molecule has 1 fully saturated rings. The summed E-state index contributed by atoms with van der Waals surface area (Å²) in [6.07, 6.45) is 0.390. The molecule has 1 unspecified atom stereocenters. The van der Waals surface area contributed by atoms with Gasteiger partial charge in [0.15, 0.2) is 0 Å². The Balaban J connectivity index is 1.46. The van der Waals surface area contributed by atoms with Gasteiger partial charge >= 0.3 is 0 Å². The number of nitrogens with one attached hydrogen (secondary N) is 1. The minimum atomic E-state index is -0.695. The molecule has 33 heavy (non-hydrogen) atoms. The standard InChI is InChI=1S/C24H24N4O4S/c29-23(22-11-6-16-33-22)25-19(17-18-7-2-1-3-8-18)24(30)27-14-12-26(13-15-27)20-9-4-5-10-21(20)28(31)32/h1-11,16,19H,12-15,17H2,(H,25,29). The highest BCUT2D eigenvalue weighted by molar-refractivity contribution is 7.12. The number of piperazine rings is 1. The summed E-state index contributed by atoms with van der Waals surface area (Å²) in [5, 5.41) is 16.1. The van der Waals surface area contributed by atoms with Crippen molar-refractivity contribution >= 4 is 34.5 Å². The van der Waals surface area contributed by atoms with Gasteiger partial charge in [-0.3, -0.25) is 19.7 Å². The summed E-state index contributed by atoms with van der Waals surface area (Å²) in [6, 6.07) is 19.1. The average Bonchev–Trinajstić information content (AvgIpc) is 3.39. The van der Waals surface area contributed by atoms with Crippen molar-refractivity contribution in [1.29, 1.82) is 0 Å². The topological polar surface area (TPSA) is 95.8 Å². The molecule has 9 heteroatoms. The molecule has 4 rings (SSSR count). The minimum absolute atomic E-state index is 0.0578. The number of carbonyl (C=O) groups excluding carboxylic acids is 2. The molecular formula is C24H24N4O4S. The molecule has 0 spiro atoms. The van der Waals surface area contributed by atoms with E-state index in [1.165, 1.54) is 17.4 Å². The van der Waals surface area contributed by atoms with Crippen LogP contribution < -0.4 is 10.2 Å². The number of rotatable bonds is 7. The third-order valence-corrected chi connectivity index (χ3v) is 6.51. The van der Waals surface area contributed by atoms with Crippen molar-refractivity contribution < 1.29 is 14.5 Å².